The molecule has 20 heavy (non-hydrogen) atoms. The lowest BCUT2D eigenvalue weighted by molar-refractivity contribution is -0.120. The number of anilines is 1. The second-order valence-corrected chi connectivity index (χ2v) is 4.07. The normalized spacial score (nSPS) is 9.60. The van der Waals surface area contributed by atoms with Gasteiger partial charge in [-0.3, -0.25) is 9.69 Å². The first-order chi connectivity index (χ1) is 9.70. The minimum atomic E-state index is -0.201. The smallest absolute Gasteiger partial charge is 0.265 e. The summed E-state index contributed by atoms with van der Waals surface area (Å²) in [5.74, 6) is 0.917. The number of carbonyl (C=O) groups is 1. The molecule has 0 N–H and O–H groups in total. The van der Waals surface area contributed by atoms with Crippen LogP contribution in [0.1, 0.15) is 5.56 Å². The van der Waals surface area contributed by atoms with Gasteiger partial charge in [0.1, 0.15) is 11.6 Å². The van der Waals surface area contributed by atoms with Gasteiger partial charge in [-0.2, -0.15) is 5.26 Å². The minimum Gasteiger partial charge on any atom is -0.484 e. The number of hydrogen-bond donors (Lipinski definition) is 0. The lowest BCUT2D eigenvalue weighted by Gasteiger charge is -2.16. The third kappa shape index (κ3) is 3.33. The van der Waals surface area contributed by atoms with Crippen molar-refractivity contribution in [2.45, 2.75) is 0 Å². The number of rotatable bonds is 4. The summed E-state index contributed by atoms with van der Waals surface area (Å²) in [6.07, 6.45) is 1.63. The van der Waals surface area contributed by atoms with E-state index in [-0.39, 0.29) is 12.5 Å². The largest absolute Gasteiger partial charge is 0.484 e. The van der Waals surface area contributed by atoms with Crippen molar-refractivity contribution in [1.29, 1.82) is 5.26 Å². The Kier molecular flexibility index (Phi) is 4.30. The van der Waals surface area contributed by atoms with Crippen LogP contribution in [0.5, 0.6) is 5.75 Å². The van der Waals surface area contributed by atoms with Crippen molar-refractivity contribution >= 4 is 11.7 Å². The number of amides is 1. The van der Waals surface area contributed by atoms with Crippen LogP contribution in [0.3, 0.4) is 0 Å². The van der Waals surface area contributed by atoms with Crippen molar-refractivity contribution in [2.75, 3.05) is 18.6 Å². The van der Waals surface area contributed by atoms with Crippen molar-refractivity contribution in [3.05, 3.63) is 54.2 Å². The molecule has 0 aliphatic heterocycles. The summed E-state index contributed by atoms with van der Waals surface area (Å²) < 4.78 is 5.38. The fourth-order valence-electron chi connectivity index (χ4n) is 1.55. The number of ether oxygens (including phenoxy) is 1. The summed E-state index contributed by atoms with van der Waals surface area (Å²) in [7, 11) is 1.65. The fourth-order valence-corrected chi connectivity index (χ4v) is 1.55. The molecule has 0 aliphatic rings. The quantitative estimate of drug-likeness (QED) is 0.849. The fraction of sp³-hybridized carbons (Fsp3) is 0.133. The number of carbonyl (C=O) groups excluding carboxylic acids is 1. The average molecular weight is 267 g/mol. The summed E-state index contributed by atoms with van der Waals surface area (Å²) >= 11 is 0. The van der Waals surface area contributed by atoms with Crippen LogP contribution in [0.2, 0.25) is 0 Å². The monoisotopic (exact) mass is 267 g/mol. The van der Waals surface area contributed by atoms with Gasteiger partial charge in [-0.05, 0) is 36.4 Å². The number of likely N-dealkylation sites (N-methyl/N-ethyl adjacent to an activating group) is 1. The molecule has 2 aromatic rings. The third-order valence-corrected chi connectivity index (χ3v) is 2.71. The van der Waals surface area contributed by atoms with E-state index < -0.39 is 0 Å². The topological polar surface area (TPSA) is 66.2 Å². The molecule has 2 rings (SSSR count). The van der Waals surface area contributed by atoms with E-state index in [9.17, 15) is 4.79 Å². The number of aromatic nitrogens is 1. The third-order valence-electron chi connectivity index (χ3n) is 2.71. The molecule has 0 saturated heterocycles. The number of benzene rings is 1. The molecule has 0 fully saturated rings. The summed E-state index contributed by atoms with van der Waals surface area (Å²) in [6.45, 7) is -0.0844. The van der Waals surface area contributed by atoms with Crippen molar-refractivity contribution < 1.29 is 9.53 Å². The molecular formula is C15H13N3O2. The van der Waals surface area contributed by atoms with Crippen LogP contribution < -0.4 is 9.64 Å². The highest BCUT2D eigenvalue weighted by Crippen LogP contribution is 2.12. The van der Waals surface area contributed by atoms with Crippen molar-refractivity contribution in [1.82, 2.24) is 4.98 Å². The molecule has 0 radical (unpaired) electrons. The molecule has 5 heteroatoms. The van der Waals surface area contributed by atoms with E-state index in [0.29, 0.717) is 17.1 Å². The number of nitriles is 1. The molecule has 0 aliphatic carbocycles. The van der Waals surface area contributed by atoms with E-state index in [1.165, 1.54) is 4.90 Å². The molecule has 0 spiro atoms. The highest BCUT2D eigenvalue weighted by atomic mass is 16.5. The molecule has 0 bridgehead atoms. The molecule has 0 saturated carbocycles. The highest BCUT2D eigenvalue weighted by Gasteiger charge is 2.12. The van der Waals surface area contributed by atoms with Crippen LogP contribution >= 0.6 is 0 Å². The second kappa shape index (κ2) is 6.34. The molecule has 1 heterocycles. The molecule has 1 amide bonds. The first-order valence-electron chi connectivity index (χ1n) is 6.01. The zero-order valence-corrected chi connectivity index (χ0v) is 11.0. The van der Waals surface area contributed by atoms with Gasteiger partial charge in [0.05, 0.1) is 11.6 Å². The average Bonchev–Trinajstić information content (AvgIpc) is 2.53. The van der Waals surface area contributed by atoms with Crippen molar-refractivity contribution in [3.8, 4) is 11.8 Å². The Balaban J connectivity index is 1.93. The zero-order valence-electron chi connectivity index (χ0n) is 11.0. The van der Waals surface area contributed by atoms with Crippen molar-refractivity contribution in [3.63, 3.8) is 0 Å². The first kappa shape index (κ1) is 13.6. The van der Waals surface area contributed by atoms with Gasteiger partial charge in [-0.15, -0.1) is 0 Å². The van der Waals surface area contributed by atoms with Gasteiger partial charge in [-0.25, -0.2) is 4.98 Å². The van der Waals surface area contributed by atoms with E-state index in [2.05, 4.69) is 4.98 Å². The van der Waals surface area contributed by atoms with Crippen LogP contribution in [0.25, 0.3) is 0 Å². The van der Waals surface area contributed by atoms with Gasteiger partial charge in [0.2, 0.25) is 0 Å². The number of pyridine rings is 1. The summed E-state index contributed by atoms with van der Waals surface area (Å²) in [5.41, 5.74) is 0.550. The van der Waals surface area contributed by atoms with E-state index in [1.807, 2.05) is 12.1 Å². The van der Waals surface area contributed by atoms with Crippen molar-refractivity contribution in [2.24, 2.45) is 0 Å². The standard InChI is InChI=1S/C15H13N3O2/c1-18(14-4-2-3-9-17-14)15(19)11-20-13-7-5-12(10-16)6-8-13/h2-9H,11H2,1H3. The minimum absolute atomic E-state index is 0.0844. The zero-order chi connectivity index (χ0) is 14.4. The Hall–Kier alpha value is -2.87. The maximum atomic E-state index is 11.9. The molecule has 100 valence electrons. The van der Waals surface area contributed by atoms with E-state index >= 15 is 0 Å². The van der Waals surface area contributed by atoms with Gasteiger partial charge in [0.25, 0.3) is 5.91 Å². The predicted octanol–water partition coefficient (Wildman–Crippen LogP) is 2.00. The van der Waals surface area contributed by atoms with Crippen LogP contribution in [0.15, 0.2) is 48.7 Å². The first-order valence-corrected chi connectivity index (χ1v) is 6.01. The lowest BCUT2D eigenvalue weighted by Crippen LogP contribution is -2.31. The molecule has 1 aromatic heterocycles. The number of hydrogen-bond acceptors (Lipinski definition) is 4. The molecule has 5 nitrogen and oxygen atoms in total. The lowest BCUT2D eigenvalue weighted by atomic mass is 10.2. The van der Waals surface area contributed by atoms with Crippen LogP contribution in [-0.2, 0) is 4.79 Å². The molecule has 1 aromatic carbocycles. The van der Waals surface area contributed by atoms with Gasteiger partial charge in [0.15, 0.2) is 6.61 Å². The van der Waals surface area contributed by atoms with Crippen LogP contribution in [0, 0.1) is 11.3 Å². The van der Waals surface area contributed by atoms with Gasteiger partial charge >= 0.3 is 0 Å². The van der Waals surface area contributed by atoms with Gasteiger partial charge in [-0.1, -0.05) is 6.07 Å². The van der Waals surface area contributed by atoms with Gasteiger partial charge in [0, 0.05) is 13.2 Å². The van der Waals surface area contributed by atoms with Gasteiger partial charge < -0.3 is 4.74 Å². The predicted molar refractivity (Wildman–Crippen MR) is 74.3 cm³/mol. The number of nitrogens with zero attached hydrogens (tertiary/aromatic N) is 3. The Morgan fingerprint density at radius 3 is 2.65 bits per heavy atom. The molecule has 0 unspecified atom stereocenters. The SMILES string of the molecule is CN(C(=O)COc1ccc(C#N)cc1)c1ccccn1. The van der Waals surface area contributed by atoms with E-state index in [0.717, 1.165) is 0 Å². The molecule has 0 atom stereocenters. The van der Waals surface area contributed by atoms with Crippen LogP contribution in [-0.4, -0.2) is 24.5 Å². The summed E-state index contributed by atoms with van der Waals surface area (Å²) in [5, 5.41) is 8.69. The summed E-state index contributed by atoms with van der Waals surface area (Å²) in [6, 6.07) is 14.0. The Labute approximate surface area is 117 Å². The molecular weight excluding hydrogens is 254 g/mol. The Morgan fingerprint density at radius 2 is 2.05 bits per heavy atom. The highest BCUT2D eigenvalue weighted by molar-refractivity contribution is 5.92. The van der Waals surface area contributed by atoms with E-state index in [4.69, 9.17) is 10.00 Å². The Bertz CT molecular complexity index is 618. The van der Waals surface area contributed by atoms with Crippen LogP contribution in [0.4, 0.5) is 5.82 Å². The maximum absolute atomic E-state index is 11.9. The second-order valence-electron chi connectivity index (χ2n) is 4.07. The summed E-state index contributed by atoms with van der Waals surface area (Å²) in [4.78, 5) is 17.5. The van der Waals surface area contributed by atoms with E-state index in [1.54, 1.807) is 49.6 Å². The maximum Gasteiger partial charge on any atom is 0.265 e. The Morgan fingerprint density at radius 1 is 1.30 bits per heavy atom.